The largest absolute Gasteiger partial charge is 0.151 e. The second-order valence-corrected chi connectivity index (χ2v) is 4.64. The summed E-state index contributed by atoms with van der Waals surface area (Å²) in [5, 5.41) is 3.02. The highest BCUT2D eigenvalue weighted by Gasteiger charge is 2.07. The van der Waals surface area contributed by atoms with Gasteiger partial charge < -0.3 is 0 Å². The van der Waals surface area contributed by atoms with Crippen molar-refractivity contribution >= 4 is 0 Å². The van der Waals surface area contributed by atoms with E-state index in [-0.39, 0.29) is 0 Å². The minimum atomic E-state index is 0.523. The number of hydrogen-bond acceptors (Lipinski definition) is 2. The van der Waals surface area contributed by atoms with E-state index in [4.69, 9.17) is 0 Å². The zero-order chi connectivity index (χ0) is 10.8. The summed E-state index contributed by atoms with van der Waals surface area (Å²) in [6, 6.07) is 0. The molecule has 14 heavy (non-hydrogen) atoms. The molecule has 0 spiro atoms. The molecule has 0 aliphatic heterocycles. The van der Waals surface area contributed by atoms with Crippen LogP contribution in [-0.2, 0) is 0 Å². The molecule has 0 N–H and O–H groups in total. The number of nitroso groups, excluding NO2 is 1. The predicted molar refractivity (Wildman–Crippen MR) is 62.4 cm³/mol. The van der Waals surface area contributed by atoms with Gasteiger partial charge in [-0.1, -0.05) is 51.6 Å². The van der Waals surface area contributed by atoms with Crippen molar-refractivity contribution in [1.29, 1.82) is 0 Å². The third kappa shape index (κ3) is 8.21. The second-order valence-electron chi connectivity index (χ2n) is 4.64. The quantitative estimate of drug-likeness (QED) is 0.400. The molecule has 0 fully saturated rings. The number of nitrogens with zero attached hydrogens (tertiary/aromatic N) is 1. The van der Waals surface area contributed by atoms with E-state index in [1.807, 2.05) is 0 Å². The Morgan fingerprint density at radius 3 is 2.21 bits per heavy atom. The maximum atomic E-state index is 10.2. The first kappa shape index (κ1) is 13.6. The van der Waals surface area contributed by atoms with E-state index in [1.165, 1.54) is 32.1 Å². The average Bonchev–Trinajstić information content (AvgIpc) is 2.12. The third-order valence-electron chi connectivity index (χ3n) is 2.67. The standard InChI is InChI=1S/C12H25NO/c1-4-7-12(10-13-14)9-6-5-8-11(2)3/h11-12H,4-10H2,1-3H3. The van der Waals surface area contributed by atoms with Gasteiger partial charge in [-0.2, -0.15) is 4.91 Å². The van der Waals surface area contributed by atoms with Crippen LogP contribution in [0.1, 0.15) is 59.3 Å². The minimum absolute atomic E-state index is 0.523. The van der Waals surface area contributed by atoms with E-state index in [2.05, 4.69) is 25.9 Å². The predicted octanol–water partition coefficient (Wildman–Crippen LogP) is 4.39. The Kier molecular flexibility index (Phi) is 8.90. The Morgan fingerprint density at radius 1 is 1.07 bits per heavy atom. The highest BCUT2D eigenvalue weighted by Crippen LogP contribution is 2.17. The van der Waals surface area contributed by atoms with Crippen LogP contribution in [0.2, 0.25) is 0 Å². The summed E-state index contributed by atoms with van der Waals surface area (Å²) in [7, 11) is 0. The summed E-state index contributed by atoms with van der Waals surface area (Å²) in [4.78, 5) is 10.2. The Balaban J connectivity index is 3.44. The van der Waals surface area contributed by atoms with Gasteiger partial charge in [0.2, 0.25) is 0 Å². The summed E-state index contributed by atoms with van der Waals surface area (Å²) in [5.74, 6) is 1.36. The molecule has 0 saturated carbocycles. The van der Waals surface area contributed by atoms with Crippen LogP contribution in [0.25, 0.3) is 0 Å². The van der Waals surface area contributed by atoms with E-state index < -0.39 is 0 Å². The molecule has 0 saturated heterocycles. The fraction of sp³-hybridized carbons (Fsp3) is 1.00. The zero-order valence-electron chi connectivity index (χ0n) is 9.96. The van der Waals surface area contributed by atoms with Crippen molar-refractivity contribution in [3.63, 3.8) is 0 Å². The Bertz CT molecular complexity index is 134. The van der Waals surface area contributed by atoms with Crippen molar-refractivity contribution in [3.8, 4) is 0 Å². The first-order valence-corrected chi connectivity index (χ1v) is 5.99. The van der Waals surface area contributed by atoms with Gasteiger partial charge in [0.15, 0.2) is 0 Å². The van der Waals surface area contributed by atoms with Gasteiger partial charge in [-0.25, -0.2) is 0 Å². The normalized spacial score (nSPS) is 13.1. The van der Waals surface area contributed by atoms with Gasteiger partial charge in [-0.3, -0.25) is 0 Å². The summed E-state index contributed by atoms with van der Waals surface area (Å²) >= 11 is 0. The fourth-order valence-corrected chi connectivity index (χ4v) is 1.83. The smallest absolute Gasteiger partial charge is 0.0839 e. The van der Waals surface area contributed by atoms with Gasteiger partial charge in [0.25, 0.3) is 0 Å². The van der Waals surface area contributed by atoms with Crippen LogP contribution in [-0.4, -0.2) is 6.54 Å². The highest BCUT2D eigenvalue weighted by molar-refractivity contribution is 4.62. The lowest BCUT2D eigenvalue weighted by molar-refractivity contribution is 0.418. The van der Waals surface area contributed by atoms with Crippen molar-refractivity contribution < 1.29 is 0 Å². The van der Waals surface area contributed by atoms with E-state index in [1.54, 1.807) is 0 Å². The summed E-state index contributed by atoms with van der Waals surface area (Å²) in [5.41, 5.74) is 0. The molecule has 0 aromatic carbocycles. The molecule has 2 nitrogen and oxygen atoms in total. The lowest BCUT2D eigenvalue weighted by Crippen LogP contribution is -2.04. The second kappa shape index (κ2) is 9.17. The van der Waals surface area contributed by atoms with Crippen molar-refractivity contribution in [2.75, 3.05) is 6.54 Å². The molecular formula is C12H25NO. The van der Waals surface area contributed by atoms with Crippen molar-refractivity contribution in [1.82, 2.24) is 0 Å². The molecule has 0 radical (unpaired) electrons. The van der Waals surface area contributed by atoms with E-state index in [9.17, 15) is 4.91 Å². The summed E-state index contributed by atoms with van der Waals surface area (Å²) in [6.45, 7) is 7.22. The van der Waals surface area contributed by atoms with Crippen LogP contribution in [0, 0.1) is 16.7 Å². The maximum absolute atomic E-state index is 10.2. The Labute approximate surface area is 88.4 Å². The molecule has 1 unspecified atom stereocenters. The van der Waals surface area contributed by atoms with E-state index >= 15 is 0 Å². The SMILES string of the molecule is CCCC(CCCCC(C)C)CN=O. The maximum Gasteiger partial charge on any atom is 0.0839 e. The van der Waals surface area contributed by atoms with Crippen LogP contribution < -0.4 is 0 Å². The molecule has 0 bridgehead atoms. The summed E-state index contributed by atoms with van der Waals surface area (Å²) < 4.78 is 0. The zero-order valence-corrected chi connectivity index (χ0v) is 9.96. The van der Waals surface area contributed by atoms with Crippen LogP contribution in [0.5, 0.6) is 0 Å². The van der Waals surface area contributed by atoms with Crippen molar-refractivity contribution in [2.45, 2.75) is 59.3 Å². The van der Waals surface area contributed by atoms with Gasteiger partial charge in [0.05, 0.1) is 6.54 Å². The number of unbranched alkanes of at least 4 members (excludes halogenated alkanes) is 1. The van der Waals surface area contributed by atoms with Crippen LogP contribution in [0.4, 0.5) is 0 Å². The van der Waals surface area contributed by atoms with Crippen molar-refractivity contribution in [3.05, 3.63) is 4.91 Å². The minimum Gasteiger partial charge on any atom is -0.151 e. The van der Waals surface area contributed by atoms with Gasteiger partial charge in [-0.05, 0) is 24.7 Å². The lowest BCUT2D eigenvalue weighted by Gasteiger charge is -2.12. The summed E-state index contributed by atoms with van der Waals surface area (Å²) in [6.07, 6.45) is 7.40. The van der Waals surface area contributed by atoms with Gasteiger partial charge in [-0.15, -0.1) is 0 Å². The molecular weight excluding hydrogens is 174 g/mol. The molecule has 0 heterocycles. The fourth-order valence-electron chi connectivity index (χ4n) is 1.83. The average molecular weight is 199 g/mol. The Morgan fingerprint density at radius 2 is 1.71 bits per heavy atom. The highest BCUT2D eigenvalue weighted by atomic mass is 16.3. The molecule has 0 aliphatic carbocycles. The molecule has 0 aromatic rings. The molecule has 0 rings (SSSR count). The molecule has 2 heteroatoms. The Hall–Kier alpha value is -0.400. The first-order valence-electron chi connectivity index (χ1n) is 5.99. The van der Waals surface area contributed by atoms with Crippen LogP contribution in [0.3, 0.4) is 0 Å². The van der Waals surface area contributed by atoms with E-state index in [0.29, 0.717) is 12.5 Å². The number of hydrogen-bond donors (Lipinski definition) is 0. The molecule has 1 atom stereocenters. The molecule has 84 valence electrons. The topological polar surface area (TPSA) is 29.4 Å². The van der Waals surface area contributed by atoms with Gasteiger partial charge >= 0.3 is 0 Å². The van der Waals surface area contributed by atoms with Crippen molar-refractivity contribution in [2.24, 2.45) is 17.0 Å². The van der Waals surface area contributed by atoms with Gasteiger partial charge in [0.1, 0.15) is 0 Å². The molecule has 0 aromatic heterocycles. The lowest BCUT2D eigenvalue weighted by atomic mass is 9.95. The monoisotopic (exact) mass is 199 g/mol. The van der Waals surface area contributed by atoms with Crippen LogP contribution in [0.15, 0.2) is 5.18 Å². The molecule has 0 amide bonds. The number of rotatable bonds is 9. The molecule has 0 aliphatic rings. The first-order chi connectivity index (χ1) is 6.70. The third-order valence-corrected chi connectivity index (χ3v) is 2.67. The van der Waals surface area contributed by atoms with Crippen LogP contribution >= 0.6 is 0 Å². The van der Waals surface area contributed by atoms with E-state index in [0.717, 1.165) is 12.3 Å². The van der Waals surface area contributed by atoms with Gasteiger partial charge in [0, 0.05) is 0 Å².